The van der Waals surface area contributed by atoms with Gasteiger partial charge < -0.3 is 15.4 Å². The fraction of sp³-hybridized carbons (Fsp3) is 0.226. The van der Waals surface area contributed by atoms with Crippen molar-refractivity contribution in [1.29, 1.82) is 5.26 Å². The lowest BCUT2D eigenvalue weighted by atomic mass is 9.98. The fourth-order valence-electron chi connectivity index (χ4n) is 4.28. The van der Waals surface area contributed by atoms with Gasteiger partial charge in [0.1, 0.15) is 17.6 Å². The van der Waals surface area contributed by atoms with Gasteiger partial charge in [-0.15, -0.1) is 5.10 Å². The second-order valence-electron chi connectivity index (χ2n) is 11.1. The van der Waals surface area contributed by atoms with Gasteiger partial charge in [0.2, 0.25) is 0 Å². The summed E-state index contributed by atoms with van der Waals surface area (Å²) in [6.07, 6.45) is 4.83. The molecule has 0 amide bonds. The molecule has 1 atom stereocenters. The molecule has 0 bridgehead atoms. The van der Waals surface area contributed by atoms with E-state index in [1.54, 1.807) is 45.3 Å². The first-order chi connectivity index (χ1) is 20.9. The topological polar surface area (TPSA) is 131 Å². The van der Waals surface area contributed by atoms with Gasteiger partial charge in [-0.25, -0.2) is 9.07 Å². The maximum atomic E-state index is 13.8. The zero-order valence-electron chi connectivity index (χ0n) is 24.2. The lowest BCUT2D eigenvalue weighted by molar-refractivity contribution is -0.157. The van der Waals surface area contributed by atoms with Crippen molar-refractivity contribution in [2.75, 3.05) is 10.6 Å². The number of halogens is 3. The van der Waals surface area contributed by atoms with Gasteiger partial charge in [0.25, 0.3) is 0 Å². The first-order valence-electron chi connectivity index (χ1n) is 13.4. The molecular weight excluding hydrogens is 606 g/mol. The Balaban J connectivity index is 1.53. The molecule has 0 unspecified atom stereocenters. The van der Waals surface area contributed by atoms with Crippen LogP contribution >= 0.6 is 23.2 Å². The van der Waals surface area contributed by atoms with Crippen LogP contribution in [-0.4, -0.2) is 30.9 Å². The zero-order chi connectivity index (χ0) is 31.6. The molecule has 224 valence electrons. The monoisotopic (exact) mass is 632 g/mol. The number of nitrogens with one attached hydrogen (secondary N) is 2. The summed E-state index contributed by atoms with van der Waals surface area (Å²) in [6, 6.07) is 13.1. The molecule has 3 heterocycles. The van der Waals surface area contributed by atoms with Crippen LogP contribution in [0, 0.1) is 29.5 Å². The third kappa shape index (κ3) is 6.72. The van der Waals surface area contributed by atoms with Crippen molar-refractivity contribution in [3.63, 3.8) is 0 Å². The number of aryl methyl sites for hydroxylation is 1. The van der Waals surface area contributed by atoms with Crippen molar-refractivity contribution in [1.82, 2.24) is 25.0 Å². The standard InChI is InChI=1S/C31H27Cl2FN8O2/c1-17-5-6-18(13-36-17)28(26-15-42(41-40-26)16-44-30(43)31(2,3)4)39-21-9-22-27(38-20-7-8-25(34)23(32)10-20)19(12-35)14-37-29(22)24(33)11-21/h5-11,13-15,28,39H,16H2,1-4H3,(H,37,38)/t28-/m0/s1. The van der Waals surface area contributed by atoms with Crippen LogP contribution in [0.2, 0.25) is 10.0 Å². The predicted molar refractivity (Wildman–Crippen MR) is 166 cm³/mol. The molecule has 13 heteroatoms. The highest BCUT2D eigenvalue weighted by molar-refractivity contribution is 6.36. The van der Waals surface area contributed by atoms with Crippen molar-refractivity contribution in [3.05, 3.63) is 99.4 Å². The van der Waals surface area contributed by atoms with Crippen molar-refractivity contribution < 1.29 is 13.9 Å². The summed E-state index contributed by atoms with van der Waals surface area (Å²) in [7, 11) is 0. The minimum Gasteiger partial charge on any atom is -0.442 e. The van der Waals surface area contributed by atoms with Crippen molar-refractivity contribution >= 4 is 57.1 Å². The maximum Gasteiger partial charge on any atom is 0.313 e. The number of pyridine rings is 2. The first kappa shape index (κ1) is 30.7. The summed E-state index contributed by atoms with van der Waals surface area (Å²) >= 11 is 12.7. The van der Waals surface area contributed by atoms with Crippen LogP contribution < -0.4 is 10.6 Å². The number of nitriles is 1. The van der Waals surface area contributed by atoms with E-state index in [0.29, 0.717) is 38.7 Å². The van der Waals surface area contributed by atoms with Crippen molar-refractivity contribution in [3.8, 4) is 6.07 Å². The molecule has 0 spiro atoms. The molecule has 0 saturated carbocycles. The minimum atomic E-state index is -0.659. The number of fused-ring (bicyclic) bond motifs is 1. The van der Waals surface area contributed by atoms with E-state index in [-0.39, 0.29) is 23.3 Å². The number of esters is 1. The number of ether oxygens (including phenoxy) is 1. The number of benzene rings is 2. The number of carbonyl (C=O) groups excluding carboxylic acids is 1. The van der Waals surface area contributed by atoms with E-state index in [9.17, 15) is 14.4 Å². The Hall–Kier alpha value is -4.79. The average molecular weight is 634 g/mol. The molecule has 10 nitrogen and oxygen atoms in total. The molecular formula is C31H27Cl2FN8O2. The first-order valence-corrected chi connectivity index (χ1v) is 14.2. The molecule has 2 aromatic carbocycles. The number of aromatic nitrogens is 5. The summed E-state index contributed by atoms with van der Waals surface area (Å²) in [6.45, 7) is 7.09. The van der Waals surface area contributed by atoms with Crippen LogP contribution in [0.25, 0.3) is 10.9 Å². The van der Waals surface area contributed by atoms with Gasteiger partial charge >= 0.3 is 5.97 Å². The Bertz CT molecular complexity index is 1900. The smallest absolute Gasteiger partial charge is 0.313 e. The van der Waals surface area contributed by atoms with E-state index < -0.39 is 17.3 Å². The summed E-state index contributed by atoms with van der Waals surface area (Å²) < 4.78 is 20.6. The molecule has 0 aliphatic rings. The molecule has 0 fully saturated rings. The SMILES string of the molecule is Cc1ccc([C@H](Nc2cc(Cl)c3ncc(C#N)c(Nc4ccc(F)c(Cl)c4)c3c2)c2cn(COC(=O)C(C)(C)C)nn2)cn1. The number of anilines is 3. The molecule has 3 aromatic heterocycles. The minimum absolute atomic E-state index is 0.0666. The number of nitrogens with zero attached hydrogens (tertiary/aromatic N) is 6. The van der Waals surface area contributed by atoms with E-state index >= 15 is 0 Å². The Kier molecular flexibility index (Phi) is 8.67. The van der Waals surface area contributed by atoms with E-state index in [2.05, 4.69) is 37.0 Å². The second-order valence-corrected chi connectivity index (χ2v) is 11.9. The van der Waals surface area contributed by atoms with Gasteiger partial charge in [0.15, 0.2) is 6.73 Å². The van der Waals surface area contributed by atoms with E-state index in [1.807, 2.05) is 19.1 Å². The molecule has 44 heavy (non-hydrogen) atoms. The number of hydrogen-bond donors (Lipinski definition) is 2. The third-order valence-electron chi connectivity index (χ3n) is 6.61. The lowest BCUT2D eigenvalue weighted by Gasteiger charge is -2.20. The molecule has 5 aromatic rings. The maximum absolute atomic E-state index is 13.8. The Morgan fingerprint density at radius 2 is 1.86 bits per heavy atom. The molecule has 0 aliphatic carbocycles. The highest BCUT2D eigenvalue weighted by Crippen LogP contribution is 2.37. The Labute approximate surface area is 262 Å². The zero-order valence-corrected chi connectivity index (χ0v) is 25.7. The summed E-state index contributed by atoms with van der Waals surface area (Å²) in [5.74, 6) is -0.928. The van der Waals surface area contributed by atoms with Gasteiger partial charge in [-0.2, -0.15) is 5.26 Å². The molecule has 0 saturated heterocycles. The van der Waals surface area contributed by atoms with E-state index in [0.717, 1.165) is 11.3 Å². The second kappa shape index (κ2) is 12.4. The third-order valence-corrected chi connectivity index (χ3v) is 7.18. The highest BCUT2D eigenvalue weighted by Gasteiger charge is 2.24. The Morgan fingerprint density at radius 1 is 1.09 bits per heavy atom. The number of carbonyl (C=O) groups is 1. The average Bonchev–Trinajstić information content (AvgIpc) is 3.45. The molecule has 5 rings (SSSR count). The van der Waals surface area contributed by atoms with Gasteiger partial charge in [0.05, 0.1) is 44.5 Å². The van der Waals surface area contributed by atoms with Gasteiger partial charge in [0, 0.05) is 34.8 Å². The van der Waals surface area contributed by atoms with Crippen LogP contribution in [-0.2, 0) is 16.3 Å². The lowest BCUT2D eigenvalue weighted by Crippen LogP contribution is -2.24. The quantitative estimate of drug-likeness (QED) is 0.169. The van der Waals surface area contributed by atoms with Crippen LogP contribution in [0.5, 0.6) is 0 Å². The van der Waals surface area contributed by atoms with Crippen LogP contribution in [0.15, 0.2) is 61.1 Å². The molecule has 0 aliphatic heterocycles. The van der Waals surface area contributed by atoms with Crippen LogP contribution in [0.1, 0.15) is 49.3 Å². The van der Waals surface area contributed by atoms with E-state index in [1.165, 1.54) is 29.1 Å². The fourth-order valence-corrected chi connectivity index (χ4v) is 4.72. The van der Waals surface area contributed by atoms with Gasteiger partial charge in [-0.1, -0.05) is 34.5 Å². The van der Waals surface area contributed by atoms with Gasteiger partial charge in [-0.05, 0) is 69.7 Å². The molecule has 0 radical (unpaired) electrons. The van der Waals surface area contributed by atoms with E-state index in [4.69, 9.17) is 27.9 Å². The largest absolute Gasteiger partial charge is 0.442 e. The normalized spacial score (nSPS) is 12.0. The number of hydrogen-bond acceptors (Lipinski definition) is 9. The van der Waals surface area contributed by atoms with Crippen LogP contribution in [0.4, 0.5) is 21.5 Å². The molecule has 2 N–H and O–H groups in total. The Morgan fingerprint density at radius 3 is 2.55 bits per heavy atom. The predicted octanol–water partition coefficient (Wildman–Crippen LogP) is 7.34. The summed E-state index contributed by atoms with van der Waals surface area (Å²) in [5, 5.41) is 25.8. The number of rotatable bonds is 8. The van der Waals surface area contributed by atoms with Crippen molar-refractivity contribution in [2.24, 2.45) is 5.41 Å². The van der Waals surface area contributed by atoms with Crippen LogP contribution in [0.3, 0.4) is 0 Å². The van der Waals surface area contributed by atoms with Crippen molar-refractivity contribution in [2.45, 2.75) is 40.5 Å². The summed E-state index contributed by atoms with van der Waals surface area (Å²) in [5.41, 5.74) is 3.67. The summed E-state index contributed by atoms with van der Waals surface area (Å²) in [4.78, 5) is 21.1. The van der Waals surface area contributed by atoms with Gasteiger partial charge in [-0.3, -0.25) is 14.8 Å². The highest BCUT2D eigenvalue weighted by atomic mass is 35.5.